The van der Waals surface area contributed by atoms with Crippen molar-refractivity contribution in [3.05, 3.63) is 23.2 Å². The summed E-state index contributed by atoms with van der Waals surface area (Å²) in [6.07, 6.45) is 2.30. The zero-order valence-corrected chi connectivity index (χ0v) is 11.6. The van der Waals surface area contributed by atoms with Crippen molar-refractivity contribution in [2.24, 2.45) is 5.84 Å². The van der Waals surface area contributed by atoms with Crippen molar-refractivity contribution < 1.29 is 9.21 Å². The number of hydrogen-bond acceptors (Lipinski definition) is 4. The van der Waals surface area contributed by atoms with Crippen LogP contribution in [0.1, 0.15) is 48.6 Å². The lowest BCUT2D eigenvalue weighted by Gasteiger charge is -2.23. The molecule has 102 valence electrons. The van der Waals surface area contributed by atoms with Gasteiger partial charge >= 0.3 is 0 Å². The summed E-state index contributed by atoms with van der Waals surface area (Å²) < 4.78 is 5.58. The van der Waals surface area contributed by atoms with Gasteiger partial charge in [0.1, 0.15) is 11.5 Å². The summed E-state index contributed by atoms with van der Waals surface area (Å²) in [6, 6.07) is 2.25. The number of nitrogens with two attached hydrogens (primary N) is 1. The SMILES string of the molecule is CCCC(C)N(C)Cc1cc(C(=O)NN)c(C)o1. The van der Waals surface area contributed by atoms with Crippen molar-refractivity contribution in [1.82, 2.24) is 10.3 Å². The van der Waals surface area contributed by atoms with E-state index in [0.29, 0.717) is 23.9 Å². The maximum Gasteiger partial charge on any atom is 0.268 e. The smallest absolute Gasteiger partial charge is 0.268 e. The molecule has 0 bridgehead atoms. The first-order chi connectivity index (χ1) is 8.49. The highest BCUT2D eigenvalue weighted by molar-refractivity contribution is 5.94. The van der Waals surface area contributed by atoms with E-state index < -0.39 is 0 Å². The molecule has 1 unspecified atom stereocenters. The molecule has 3 N–H and O–H groups in total. The molecule has 0 fully saturated rings. The number of amides is 1. The molecule has 1 amide bonds. The number of carbonyl (C=O) groups excluding carboxylic acids is 1. The molecule has 0 aromatic carbocycles. The van der Waals surface area contributed by atoms with Crippen molar-refractivity contribution in [3.8, 4) is 0 Å². The van der Waals surface area contributed by atoms with Gasteiger partial charge in [-0.3, -0.25) is 15.1 Å². The Kier molecular flexibility index (Phi) is 5.37. The van der Waals surface area contributed by atoms with Crippen LogP contribution in [-0.4, -0.2) is 23.9 Å². The van der Waals surface area contributed by atoms with Gasteiger partial charge in [-0.2, -0.15) is 0 Å². The van der Waals surface area contributed by atoms with Crippen molar-refractivity contribution in [1.29, 1.82) is 0 Å². The topological polar surface area (TPSA) is 71.5 Å². The zero-order valence-electron chi connectivity index (χ0n) is 11.6. The molecule has 0 saturated heterocycles. The summed E-state index contributed by atoms with van der Waals surface area (Å²) >= 11 is 0. The summed E-state index contributed by atoms with van der Waals surface area (Å²) in [6.45, 7) is 6.82. The molecule has 1 rings (SSSR count). The van der Waals surface area contributed by atoms with Crippen LogP contribution in [0.15, 0.2) is 10.5 Å². The van der Waals surface area contributed by atoms with Crippen LogP contribution in [0.25, 0.3) is 0 Å². The molecule has 0 spiro atoms. The van der Waals surface area contributed by atoms with Gasteiger partial charge in [0.25, 0.3) is 5.91 Å². The number of aryl methyl sites for hydroxylation is 1. The molecule has 1 atom stereocenters. The minimum absolute atomic E-state index is 0.313. The van der Waals surface area contributed by atoms with Crippen LogP contribution >= 0.6 is 0 Å². The van der Waals surface area contributed by atoms with E-state index in [-0.39, 0.29) is 5.91 Å². The first-order valence-electron chi connectivity index (χ1n) is 6.30. The summed E-state index contributed by atoms with van der Waals surface area (Å²) in [5.74, 6) is 6.20. The summed E-state index contributed by atoms with van der Waals surface area (Å²) in [4.78, 5) is 13.7. The third kappa shape index (κ3) is 3.58. The Labute approximate surface area is 108 Å². The number of nitrogen functional groups attached to an aromatic ring is 1. The average Bonchev–Trinajstić information content (AvgIpc) is 2.69. The number of carbonyl (C=O) groups is 1. The van der Waals surface area contributed by atoms with Gasteiger partial charge in [-0.1, -0.05) is 13.3 Å². The molecule has 1 aromatic heterocycles. The Morgan fingerprint density at radius 2 is 2.28 bits per heavy atom. The zero-order chi connectivity index (χ0) is 13.7. The quantitative estimate of drug-likeness (QED) is 0.461. The Balaban J connectivity index is 2.71. The molecule has 0 radical (unpaired) electrons. The summed E-state index contributed by atoms with van der Waals surface area (Å²) in [7, 11) is 2.06. The van der Waals surface area contributed by atoms with E-state index in [1.54, 1.807) is 13.0 Å². The molecule has 0 aliphatic heterocycles. The Morgan fingerprint density at radius 1 is 1.61 bits per heavy atom. The van der Waals surface area contributed by atoms with Gasteiger partial charge in [0.2, 0.25) is 0 Å². The van der Waals surface area contributed by atoms with Crippen LogP contribution in [0.5, 0.6) is 0 Å². The normalized spacial score (nSPS) is 12.8. The van der Waals surface area contributed by atoms with E-state index in [4.69, 9.17) is 10.3 Å². The predicted octanol–water partition coefficient (Wildman–Crippen LogP) is 1.81. The fraction of sp³-hybridized carbons (Fsp3) is 0.615. The number of furan rings is 1. The Morgan fingerprint density at radius 3 is 2.83 bits per heavy atom. The van der Waals surface area contributed by atoms with Crippen LogP contribution in [0.3, 0.4) is 0 Å². The van der Waals surface area contributed by atoms with Gasteiger partial charge in [0.05, 0.1) is 12.1 Å². The maximum absolute atomic E-state index is 11.5. The average molecular weight is 253 g/mol. The largest absolute Gasteiger partial charge is 0.464 e. The van der Waals surface area contributed by atoms with Gasteiger partial charge in [0, 0.05) is 6.04 Å². The minimum Gasteiger partial charge on any atom is -0.464 e. The monoisotopic (exact) mass is 253 g/mol. The van der Waals surface area contributed by atoms with Crippen LogP contribution in [0.4, 0.5) is 0 Å². The Hall–Kier alpha value is -1.33. The van der Waals surface area contributed by atoms with Gasteiger partial charge in [-0.25, -0.2) is 5.84 Å². The van der Waals surface area contributed by atoms with Crippen LogP contribution < -0.4 is 11.3 Å². The third-order valence-corrected chi connectivity index (χ3v) is 3.21. The minimum atomic E-state index is -0.313. The number of rotatable bonds is 6. The van der Waals surface area contributed by atoms with E-state index in [1.807, 2.05) is 0 Å². The second-order valence-electron chi connectivity index (χ2n) is 4.71. The lowest BCUT2D eigenvalue weighted by atomic mass is 10.1. The fourth-order valence-electron chi connectivity index (χ4n) is 1.96. The molecule has 1 aromatic rings. The summed E-state index contributed by atoms with van der Waals surface area (Å²) in [5.41, 5.74) is 2.62. The maximum atomic E-state index is 11.5. The van der Waals surface area contributed by atoms with E-state index in [0.717, 1.165) is 18.6 Å². The number of hydrazine groups is 1. The molecular weight excluding hydrogens is 230 g/mol. The number of hydrogen-bond donors (Lipinski definition) is 2. The predicted molar refractivity (Wildman–Crippen MR) is 70.9 cm³/mol. The number of nitrogens with one attached hydrogen (secondary N) is 1. The van der Waals surface area contributed by atoms with E-state index in [9.17, 15) is 4.79 Å². The van der Waals surface area contributed by atoms with Gasteiger partial charge < -0.3 is 4.42 Å². The third-order valence-electron chi connectivity index (χ3n) is 3.21. The highest BCUT2D eigenvalue weighted by Crippen LogP contribution is 2.17. The second kappa shape index (κ2) is 6.56. The van der Waals surface area contributed by atoms with Crippen molar-refractivity contribution in [2.75, 3.05) is 7.05 Å². The van der Waals surface area contributed by atoms with E-state index >= 15 is 0 Å². The van der Waals surface area contributed by atoms with E-state index in [1.165, 1.54) is 0 Å². The highest BCUT2D eigenvalue weighted by atomic mass is 16.3. The first-order valence-corrected chi connectivity index (χ1v) is 6.30. The van der Waals surface area contributed by atoms with Crippen molar-refractivity contribution in [2.45, 2.75) is 46.2 Å². The second-order valence-corrected chi connectivity index (χ2v) is 4.71. The van der Waals surface area contributed by atoms with Crippen molar-refractivity contribution >= 4 is 5.91 Å². The van der Waals surface area contributed by atoms with Gasteiger partial charge in [-0.15, -0.1) is 0 Å². The molecule has 1 heterocycles. The molecule has 5 nitrogen and oxygen atoms in total. The molecule has 18 heavy (non-hydrogen) atoms. The molecule has 5 heteroatoms. The molecule has 0 saturated carbocycles. The molecule has 0 aliphatic rings. The van der Waals surface area contributed by atoms with Gasteiger partial charge in [0.15, 0.2) is 0 Å². The van der Waals surface area contributed by atoms with Crippen molar-refractivity contribution in [3.63, 3.8) is 0 Å². The fourth-order valence-corrected chi connectivity index (χ4v) is 1.96. The van der Waals surface area contributed by atoms with E-state index in [2.05, 4.69) is 31.2 Å². The highest BCUT2D eigenvalue weighted by Gasteiger charge is 2.16. The Bertz CT molecular complexity index is 401. The molecular formula is C13H23N3O2. The number of nitrogens with zero attached hydrogens (tertiary/aromatic N) is 1. The lowest BCUT2D eigenvalue weighted by Crippen LogP contribution is -2.30. The van der Waals surface area contributed by atoms with Crippen LogP contribution in [0, 0.1) is 6.92 Å². The standard InChI is InChI=1S/C13H23N3O2/c1-5-6-9(2)16(4)8-11-7-12(10(3)18-11)13(17)15-14/h7,9H,5-6,8,14H2,1-4H3,(H,15,17). The first kappa shape index (κ1) is 14.7. The molecule has 0 aliphatic carbocycles. The van der Waals surface area contributed by atoms with Gasteiger partial charge in [-0.05, 0) is 33.4 Å². The summed E-state index contributed by atoms with van der Waals surface area (Å²) in [5, 5.41) is 0. The lowest BCUT2D eigenvalue weighted by molar-refractivity contribution is 0.0952. The van der Waals surface area contributed by atoms with Crippen LogP contribution in [0.2, 0.25) is 0 Å². The van der Waals surface area contributed by atoms with Crippen LogP contribution in [-0.2, 0) is 6.54 Å².